The number of aromatic nitrogens is 2. The van der Waals surface area contributed by atoms with E-state index >= 15 is 4.39 Å². The van der Waals surface area contributed by atoms with E-state index in [2.05, 4.69) is 5.10 Å². The first-order valence-corrected chi connectivity index (χ1v) is 16.2. The number of allylic oxidation sites excluding steroid dienone is 1. The molecular weight excluding hydrogens is 656 g/mol. The Morgan fingerprint density at radius 1 is 1.02 bits per heavy atom. The Bertz CT molecular complexity index is 1850. The molecule has 3 aromatic carbocycles. The summed E-state index contributed by atoms with van der Waals surface area (Å²) in [6.45, 7) is 0.490. The fraction of sp³-hybridized carbons (Fsp3) is 0.324. The van der Waals surface area contributed by atoms with Crippen molar-refractivity contribution in [1.29, 1.82) is 0 Å². The van der Waals surface area contributed by atoms with Crippen molar-refractivity contribution in [3.8, 4) is 5.75 Å². The number of halogens is 4. The van der Waals surface area contributed by atoms with Crippen molar-refractivity contribution in [2.45, 2.75) is 38.1 Å². The molecule has 264 valence electrons. The summed E-state index contributed by atoms with van der Waals surface area (Å²) in [5.74, 6) is -0.657. The molecule has 0 bridgehead atoms. The molecule has 1 aromatic heterocycles. The highest BCUT2D eigenvalue weighted by molar-refractivity contribution is 6.00. The van der Waals surface area contributed by atoms with Crippen LogP contribution in [0.4, 0.5) is 22.4 Å². The number of carboxylic acid groups (broad SMARTS) is 1. The van der Waals surface area contributed by atoms with Gasteiger partial charge in [-0.25, -0.2) is 9.48 Å². The Hall–Kier alpha value is -5.17. The van der Waals surface area contributed by atoms with Crippen molar-refractivity contribution in [2.75, 3.05) is 40.4 Å². The van der Waals surface area contributed by atoms with Crippen molar-refractivity contribution < 1.29 is 41.7 Å². The van der Waals surface area contributed by atoms with Crippen LogP contribution in [0.1, 0.15) is 48.6 Å². The number of carbonyl (C=O) groups excluding carboxylic acids is 1. The van der Waals surface area contributed by atoms with E-state index in [9.17, 15) is 27.9 Å². The van der Waals surface area contributed by atoms with E-state index in [1.165, 1.54) is 27.8 Å². The van der Waals surface area contributed by atoms with Gasteiger partial charge >= 0.3 is 12.3 Å². The van der Waals surface area contributed by atoms with E-state index in [1.807, 2.05) is 0 Å². The van der Waals surface area contributed by atoms with Crippen molar-refractivity contribution in [3.05, 3.63) is 108 Å². The summed E-state index contributed by atoms with van der Waals surface area (Å²) in [5, 5.41) is 13.8. The van der Waals surface area contributed by atoms with Crippen LogP contribution in [0.15, 0.2) is 84.9 Å². The number of rotatable bonds is 12. The maximum Gasteiger partial charge on any atom is 0.407 e. The number of carbonyl (C=O) groups is 2. The molecule has 2 amide bonds. The molecule has 5 rings (SSSR count). The van der Waals surface area contributed by atoms with Gasteiger partial charge in [0.2, 0.25) is 11.9 Å². The van der Waals surface area contributed by atoms with Gasteiger partial charge in [-0.05, 0) is 71.4 Å². The second-order valence-corrected chi connectivity index (χ2v) is 12.0. The van der Waals surface area contributed by atoms with Gasteiger partial charge in [-0.3, -0.25) is 4.79 Å². The minimum Gasteiger partial charge on any atom is -0.492 e. The molecule has 1 fully saturated rings. The Morgan fingerprint density at radius 2 is 1.74 bits per heavy atom. The second-order valence-electron chi connectivity index (χ2n) is 12.0. The highest BCUT2D eigenvalue weighted by atomic mass is 19.4. The molecule has 0 spiro atoms. The van der Waals surface area contributed by atoms with Crippen molar-refractivity contribution in [2.24, 2.45) is 0 Å². The average molecular weight is 695 g/mol. The number of likely N-dealkylation sites (N-methyl/N-ethyl adjacent to an activating group) is 1. The molecule has 0 aliphatic carbocycles. The Labute approximate surface area is 287 Å². The highest BCUT2D eigenvalue weighted by Gasteiger charge is 2.32. The molecule has 0 radical (unpaired) electrons. The summed E-state index contributed by atoms with van der Waals surface area (Å²) in [4.78, 5) is 25.9. The molecule has 1 unspecified atom stereocenters. The molecule has 0 saturated carbocycles. The number of ether oxygens (including phenoxy) is 2. The Balaban J connectivity index is 1.47. The molecule has 13 heteroatoms. The van der Waals surface area contributed by atoms with Crippen molar-refractivity contribution >= 4 is 34.0 Å². The van der Waals surface area contributed by atoms with Crippen LogP contribution < -0.4 is 4.74 Å². The summed E-state index contributed by atoms with van der Waals surface area (Å²) in [5.41, 5.74) is 1.92. The summed E-state index contributed by atoms with van der Waals surface area (Å²) in [6, 6.07) is 19.5. The first-order chi connectivity index (χ1) is 23.9. The highest BCUT2D eigenvalue weighted by Crippen LogP contribution is 2.41. The summed E-state index contributed by atoms with van der Waals surface area (Å²) in [7, 11) is 3.17. The third kappa shape index (κ3) is 9.08. The number of nitrogens with zero attached hydrogens (tertiary/aromatic N) is 4. The predicted octanol–water partition coefficient (Wildman–Crippen LogP) is 7.79. The molecule has 1 saturated heterocycles. The first kappa shape index (κ1) is 36.1. The zero-order valence-electron chi connectivity index (χ0n) is 27.7. The zero-order valence-corrected chi connectivity index (χ0v) is 27.7. The fourth-order valence-corrected chi connectivity index (χ4v) is 5.77. The lowest BCUT2D eigenvalue weighted by Crippen LogP contribution is -2.33. The summed E-state index contributed by atoms with van der Waals surface area (Å²) < 4.78 is 71.0. The number of amides is 2. The van der Waals surface area contributed by atoms with Gasteiger partial charge in [0, 0.05) is 33.3 Å². The van der Waals surface area contributed by atoms with Crippen LogP contribution in [0.2, 0.25) is 0 Å². The first-order valence-electron chi connectivity index (χ1n) is 16.2. The minimum absolute atomic E-state index is 0.00235. The number of hydrogen-bond donors (Lipinski definition) is 1. The van der Waals surface area contributed by atoms with Gasteiger partial charge < -0.3 is 24.4 Å². The SMILES string of the molecule is CN(C)C(=O)/C=C/CN(CCOc1ccc(/C(=C(/CC(F)(F)F)c2ccccc2)c2ccc3c(c2)c(F)nn3C2CCCCO2)cc1)C(=O)O. The van der Waals surface area contributed by atoms with Crippen LogP contribution in [0.3, 0.4) is 0 Å². The quantitative estimate of drug-likeness (QED) is 0.0925. The predicted molar refractivity (Wildman–Crippen MR) is 181 cm³/mol. The van der Waals surface area contributed by atoms with E-state index in [0.717, 1.165) is 17.7 Å². The lowest BCUT2D eigenvalue weighted by Gasteiger charge is -2.23. The van der Waals surface area contributed by atoms with Gasteiger partial charge in [-0.2, -0.15) is 17.6 Å². The summed E-state index contributed by atoms with van der Waals surface area (Å²) >= 11 is 0. The third-order valence-electron chi connectivity index (χ3n) is 8.25. The standard InChI is InChI=1S/C37H38F4N4O5/c1-43(2)32(46)11-8-19-44(36(47)48)20-22-49-28-16-13-26(14-17-28)34(30(24-37(39,40)41)25-9-4-3-5-10-25)27-15-18-31-29(23-27)35(38)42-45(31)33-12-6-7-21-50-33/h3-5,8-11,13-18,23,33H,6-7,12,19-22,24H2,1-2H3,(H,47,48)/b11-8+,34-30+. The van der Waals surface area contributed by atoms with Crippen molar-refractivity contribution in [1.82, 2.24) is 19.6 Å². The third-order valence-corrected chi connectivity index (χ3v) is 8.25. The van der Waals surface area contributed by atoms with E-state index < -0.39 is 30.9 Å². The number of hydrogen-bond acceptors (Lipinski definition) is 5. The van der Waals surface area contributed by atoms with Crippen LogP contribution >= 0.6 is 0 Å². The van der Waals surface area contributed by atoms with Crippen LogP contribution in [0.5, 0.6) is 5.75 Å². The van der Waals surface area contributed by atoms with Crippen LogP contribution in [0.25, 0.3) is 22.0 Å². The molecule has 9 nitrogen and oxygen atoms in total. The second kappa shape index (κ2) is 16.0. The van der Waals surface area contributed by atoms with E-state index in [-0.39, 0.29) is 42.1 Å². The molecule has 1 atom stereocenters. The van der Waals surface area contributed by atoms with Crippen LogP contribution in [-0.4, -0.2) is 83.3 Å². The minimum atomic E-state index is -4.55. The average Bonchev–Trinajstić information content (AvgIpc) is 3.43. The molecule has 1 N–H and O–H groups in total. The van der Waals surface area contributed by atoms with Crippen molar-refractivity contribution in [3.63, 3.8) is 0 Å². The number of alkyl halides is 3. The monoisotopic (exact) mass is 694 g/mol. The summed E-state index contributed by atoms with van der Waals surface area (Å²) in [6.07, 6.45) is -2.20. The van der Waals surface area contributed by atoms with E-state index in [1.54, 1.807) is 80.8 Å². The fourth-order valence-electron chi connectivity index (χ4n) is 5.77. The lowest BCUT2D eigenvalue weighted by atomic mass is 9.87. The normalized spacial score (nSPS) is 15.6. The Morgan fingerprint density at radius 3 is 2.38 bits per heavy atom. The van der Waals surface area contributed by atoms with Crippen LogP contribution in [-0.2, 0) is 9.53 Å². The lowest BCUT2D eigenvalue weighted by molar-refractivity contribution is -0.124. The van der Waals surface area contributed by atoms with Gasteiger partial charge in [0.05, 0.1) is 23.9 Å². The van der Waals surface area contributed by atoms with E-state index in [4.69, 9.17) is 9.47 Å². The van der Waals surface area contributed by atoms with E-state index in [0.29, 0.717) is 41.0 Å². The smallest absolute Gasteiger partial charge is 0.407 e. The number of fused-ring (bicyclic) bond motifs is 1. The number of benzene rings is 3. The maximum atomic E-state index is 15.4. The maximum absolute atomic E-state index is 15.4. The van der Waals surface area contributed by atoms with Crippen LogP contribution in [0, 0.1) is 5.95 Å². The van der Waals surface area contributed by atoms with Gasteiger partial charge in [0.15, 0.2) is 6.23 Å². The largest absolute Gasteiger partial charge is 0.492 e. The van der Waals surface area contributed by atoms with Gasteiger partial charge in [0.1, 0.15) is 12.4 Å². The topological polar surface area (TPSA) is 97.1 Å². The molecule has 2 heterocycles. The molecule has 1 aliphatic heterocycles. The van der Waals surface area contributed by atoms with Gasteiger partial charge in [-0.15, -0.1) is 5.10 Å². The molecule has 1 aliphatic rings. The zero-order chi connectivity index (χ0) is 35.8. The molecule has 4 aromatic rings. The Kier molecular flexibility index (Phi) is 11.6. The van der Waals surface area contributed by atoms with Gasteiger partial charge in [-0.1, -0.05) is 54.6 Å². The molecule has 50 heavy (non-hydrogen) atoms. The molecular formula is C37H38F4N4O5. The van der Waals surface area contributed by atoms with Gasteiger partial charge in [0.25, 0.3) is 0 Å².